The minimum absolute atomic E-state index is 0.128. The average molecular weight is 233 g/mol. The molecule has 0 bridgehead atoms. The molecule has 94 valence electrons. The Hall–Kier alpha value is -0.465. The molecule has 3 atom stereocenters. The number of rotatable bonds is 0. The summed E-state index contributed by atoms with van der Waals surface area (Å²) in [6.07, 6.45) is 4.15. The number of hydrogen-bond acceptors (Lipinski definition) is 1. The SMILES string of the molecule is [B]C1(C)CCC2C(=O)N(C)CCC2CC1(C)C. The lowest BCUT2D eigenvalue weighted by Crippen LogP contribution is -2.43. The molecule has 1 aliphatic heterocycles. The van der Waals surface area contributed by atoms with Gasteiger partial charge in [0, 0.05) is 19.5 Å². The Kier molecular flexibility index (Phi) is 3.08. The van der Waals surface area contributed by atoms with Crippen molar-refractivity contribution in [2.75, 3.05) is 13.6 Å². The fraction of sp³-hybridized carbons (Fsp3) is 0.929. The van der Waals surface area contributed by atoms with Crippen LogP contribution in [0.1, 0.15) is 46.5 Å². The predicted molar refractivity (Wildman–Crippen MR) is 71.0 cm³/mol. The van der Waals surface area contributed by atoms with E-state index in [1.165, 1.54) is 0 Å². The molecular formula is C14H24BNO. The second-order valence-corrected chi connectivity index (χ2v) is 6.96. The first-order valence-corrected chi connectivity index (χ1v) is 6.78. The third kappa shape index (κ3) is 2.13. The zero-order valence-electron chi connectivity index (χ0n) is 11.6. The first-order valence-electron chi connectivity index (χ1n) is 6.78. The molecule has 0 aromatic rings. The molecule has 0 aromatic carbocycles. The van der Waals surface area contributed by atoms with Crippen LogP contribution in [-0.2, 0) is 4.79 Å². The number of likely N-dealkylation sites (tertiary alicyclic amines) is 1. The largest absolute Gasteiger partial charge is 0.346 e. The van der Waals surface area contributed by atoms with Gasteiger partial charge in [0.15, 0.2) is 0 Å². The van der Waals surface area contributed by atoms with Crippen molar-refractivity contribution in [1.29, 1.82) is 0 Å². The minimum atomic E-state index is -0.150. The van der Waals surface area contributed by atoms with Crippen LogP contribution in [0.4, 0.5) is 0 Å². The van der Waals surface area contributed by atoms with Crippen LogP contribution in [-0.4, -0.2) is 32.2 Å². The van der Waals surface area contributed by atoms with Crippen molar-refractivity contribution in [2.45, 2.75) is 51.8 Å². The van der Waals surface area contributed by atoms with Crippen molar-refractivity contribution >= 4 is 13.8 Å². The molecule has 1 amide bonds. The molecule has 0 spiro atoms. The highest BCUT2D eigenvalue weighted by atomic mass is 16.2. The van der Waals surface area contributed by atoms with E-state index in [9.17, 15) is 4.79 Å². The van der Waals surface area contributed by atoms with E-state index >= 15 is 0 Å². The third-order valence-corrected chi connectivity index (χ3v) is 5.39. The van der Waals surface area contributed by atoms with E-state index in [1.54, 1.807) is 0 Å². The fourth-order valence-electron chi connectivity index (χ4n) is 3.44. The lowest BCUT2D eigenvalue weighted by molar-refractivity contribution is -0.140. The summed E-state index contributed by atoms with van der Waals surface area (Å²) in [7, 11) is 8.39. The number of amides is 1. The van der Waals surface area contributed by atoms with Crippen molar-refractivity contribution in [1.82, 2.24) is 4.90 Å². The van der Waals surface area contributed by atoms with E-state index in [1.807, 2.05) is 11.9 Å². The Morgan fingerprint density at radius 2 is 1.94 bits per heavy atom. The van der Waals surface area contributed by atoms with Crippen LogP contribution in [0.15, 0.2) is 0 Å². The molecule has 1 heterocycles. The topological polar surface area (TPSA) is 20.3 Å². The van der Waals surface area contributed by atoms with E-state index in [2.05, 4.69) is 20.8 Å². The third-order valence-electron chi connectivity index (χ3n) is 5.39. The molecule has 1 saturated carbocycles. The van der Waals surface area contributed by atoms with Crippen molar-refractivity contribution in [2.24, 2.45) is 17.3 Å². The van der Waals surface area contributed by atoms with E-state index in [4.69, 9.17) is 7.85 Å². The Balaban J connectivity index is 2.24. The smallest absolute Gasteiger partial charge is 0.225 e. The number of nitrogens with zero attached hydrogens (tertiary/aromatic N) is 1. The lowest BCUT2D eigenvalue weighted by Gasteiger charge is -2.43. The van der Waals surface area contributed by atoms with Gasteiger partial charge in [-0.1, -0.05) is 32.5 Å². The van der Waals surface area contributed by atoms with Gasteiger partial charge in [0.1, 0.15) is 0 Å². The van der Waals surface area contributed by atoms with E-state index in [0.29, 0.717) is 11.8 Å². The molecule has 2 radical (unpaired) electrons. The zero-order chi connectivity index (χ0) is 12.8. The summed E-state index contributed by atoms with van der Waals surface area (Å²) >= 11 is 0. The molecule has 3 heteroatoms. The Morgan fingerprint density at radius 1 is 1.29 bits per heavy atom. The molecule has 1 saturated heterocycles. The van der Waals surface area contributed by atoms with Crippen LogP contribution in [0.2, 0.25) is 5.31 Å². The average Bonchev–Trinajstić information content (AvgIpc) is 2.30. The minimum Gasteiger partial charge on any atom is -0.346 e. The first-order chi connectivity index (χ1) is 7.74. The van der Waals surface area contributed by atoms with Crippen LogP contribution >= 0.6 is 0 Å². The zero-order valence-corrected chi connectivity index (χ0v) is 11.6. The Morgan fingerprint density at radius 3 is 2.59 bits per heavy atom. The van der Waals surface area contributed by atoms with Gasteiger partial charge < -0.3 is 4.90 Å². The highest BCUT2D eigenvalue weighted by Gasteiger charge is 2.46. The number of hydrogen-bond donors (Lipinski definition) is 0. The lowest BCUT2D eigenvalue weighted by atomic mass is 9.52. The van der Waals surface area contributed by atoms with Crippen LogP contribution < -0.4 is 0 Å². The van der Waals surface area contributed by atoms with Gasteiger partial charge in [-0.3, -0.25) is 4.79 Å². The molecule has 3 unspecified atom stereocenters. The van der Waals surface area contributed by atoms with Gasteiger partial charge >= 0.3 is 0 Å². The maximum Gasteiger partial charge on any atom is 0.225 e. The van der Waals surface area contributed by atoms with Crippen LogP contribution in [0.5, 0.6) is 0 Å². The summed E-state index contributed by atoms with van der Waals surface area (Å²) in [6, 6.07) is 0. The molecule has 1 aliphatic carbocycles. The maximum absolute atomic E-state index is 12.2. The molecular weight excluding hydrogens is 209 g/mol. The summed E-state index contributed by atoms with van der Waals surface area (Å²) in [5, 5.41) is -0.150. The molecule has 2 fully saturated rings. The summed E-state index contributed by atoms with van der Waals surface area (Å²) in [5.41, 5.74) is 0.128. The summed E-state index contributed by atoms with van der Waals surface area (Å²) in [4.78, 5) is 14.1. The monoisotopic (exact) mass is 233 g/mol. The molecule has 0 N–H and O–H groups in total. The van der Waals surface area contributed by atoms with Crippen LogP contribution in [0.25, 0.3) is 0 Å². The van der Waals surface area contributed by atoms with Gasteiger partial charge in [-0.2, -0.15) is 0 Å². The second-order valence-electron chi connectivity index (χ2n) is 6.96. The van der Waals surface area contributed by atoms with Crippen LogP contribution in [0, 0.1) is 17.3 Å². The Bertz CT molecular complexity index is 324. The molecule has 2 aliphatic rings. The highest BCUT2D eigenvalue weighted by molar-refractivity contribution is 6.15. The van der Waals surface area contributed by atoms with Gasteiger partial charge in [-0.25, -0.2) is 0 Å². The molecule has 17 heavy (non-hydrogen) atoms. The number of carbonyl (C=O) groups is 1. The fourth-order valence-corrected chi connectivity index (χ4v) is 3.44. The van der Waals surface area contributed by atoms with Crippen LogP contribution in [0.3, 0.4) is 0 Å². The molecule has 2 rings (SSSR count). The van der Waals surface area contributed by atoms with Gasteiger partial charge in [0.05, 0.1) is 7.85 Å². The van der Waals surface area contributed by atoms with Crippen molar-refractivity contribution in [3.8, 4) is 0 Å². The number of piperidine rings is 1. The number of carbonyl (C=O) groups excluding carboxylic acids is 1. The van der Waals surface area contributed by atoms with E-state index in [-0.39, 0.29) is 16.6 Å². The van der Waals surface area contributed by atoms with Crippen molar-refractivity contribution in [3.63, 3.8) is 0 Å². The summed E-state index contributed by atoms with van der Waals surface area (Å²) in [5.74, 6) is 1.10. The Labute approximate surface area is 107 Å². The van der Waals surface area contributed by atoms with E-state index in [0.717, 1.165) is 32.2 Å². The summed E-state index contributed by atoms with van der Waals surface area (Å²) < 4.78 is 0. The van der Waals surface area contributed by atoms with Gasteiger partial charge in [-0.05, 0) is 30.6 Å². The quantitative estimate of drug-likeness (QED) is 0.589. The van der Waals surface area contributed by atoms with Crippen molar-refractivity contribution < 1.29 is 4.79 Å². The van der Waals surface area contributed by atoms with E-state index < -0.39 is 0 Å². The highest BCUT2D eigenvalue weighted by Crippen LogP contribution is 2.55. The maximum atomic E-state index is 12.2. The normalized spacial score (nSPS) is 41.9. The van der Waals surface area contributed by atoms with Gasteiger partial charge in [0.25, 0.3) is 0 Å². The standard InChI is InChI=1S/C14H24BNO/c1-13(2)9-10-6-8-16(4)12(17)11(10)5-7-14(13,3)15/h10-11H,5-9H2,1-4H3. The summed E-state index contributed by atoms with van der Waals surface area (Å²) in [6.45, 7) is 7.59. The molecule has 2 nitrogen and oxygen atoms in total. The first kappa shape index (κ1) is 13.0. The van der Waals surface area contributed by atoms with Crippen molar-refractivity contribution in [3.05, 3.63) is 0 Å². The predicted octanol–water partition coefficient (Wildman–Crippen LogP) is 2.64. The van der Waals surface area contributed by atoms with Gasteiger partial charge in [-0.15, -0.1) is 0 Å². The number of fused-ring (bicyclic) bond motifs is 1. The van der Waals surface area contributed by atoms with Gasteiger partial charge in [0.2, 0.25) is 5.91 Å². The molecule has 0 aromatic heterocycles. The second kappa shape index (κ2) is 4.03.